The van der Waals surface area contributed by atoms with E-state index in [2.05, 4.69) is 4.72 Å². The van der Waals surface area contributed by atoms with Gasteiger partial charge in [0.2, 0.25) is 10.0 Å². The first-order valence-corrected chi connectivity index (χ1v) is 13.6. The van der Waals surface area contributed by atoms with Crippen LogP contribution in [0.1, 0.15) is 35.3 Å². The third-order valence-electron chi connectivity index (χ3n) is 6.19. The van der Waals surface area contributed by atoms with E-state index in [4.69, 9.17) is 4.74 Å². The van der Waals surface area contributed by atoms with Gasteiger partial charge in [-0.05, 0) is 49.9 Å². The lowest BCUT2D eigenvalue weighted by molar-refractivity contribution is -0.137. The summed E-state index contributed by atoms with van der Waals surface area (Å²) >= 11 is 0. The minimum absolute atomic E-state index is 0.157. The number of halogens is 3. The van der Waals surface area contributed by atoms with Crippen molar-refractivity contribution in [2.75, 3.05) is 37.7 Å². The summed E-state index contributed by atoms with van der Waals surface area (Å²) in [4.78, 5) is 16.9. The van der Waals surface area contributed by atoms with Crippen LogP contribution in [0.5, 0.6) is 5.75 Å². The van der Waals surface area contributed by atoms with Crippen molar-refractivity contribution in [2.45, 2.75) is 38.7 Å². The predicted molar refractivity (Wildman–Crippen MR) is 134 cm³/mol. The fraction of sp³-hybridized carbons (Fsp3) is 0.480. The Labute approximate surface area is 215 Å². The first-order chi connectivity index (χ1) is 17.2. The molecule has 1 amide bonds. The molecule has 0 saturated carbocycles. The number of anilines is 1. The Morgan fingerprint density at radius 1 is 1.22 bits per heavy atom. The van der Waals surface area contributed by atoms with Crippen molar-refractivity contribution in [3.05, 3.63) is 59.2 Å². The van der Waals surface area contributed by atoms with Crippen molar-refractivity contribution in [3.63, 3.8) is 0 Å². The van der Waals surface area contributed by atoms with E-state index < -0.39 is 39.8 Å². The minimum atomic E-state index is -4.40. The van der Waals surface area contributed by atoms with Gasteiger partial charge in [-0.25, -0.2) is 8.42 Å². The molecule has 8 nitrogen and oxygen atoms in total. The molecule has 0 radical (unpaired) electrons. The lowest BCUT2D eigenvalue weighted by Gasteiger charge is -2.38. The molecule has 204 valence electrons. The van der Waals surface area contributed by atoms with Gasteiger partial charge in [0.1, 0.15) is 11.9 Å². The molecule has 37 heavy (non-hydrogen) atoms. The van der Waals surface area contributed by atoms with Crippen LogP contribution in [0, 0.1) is 5.92 Å². The number of carbonyl (C=O) groups excluding carboxylic acids is 1. The van der Waals surface area contributed by atoms with Gasteiger partial charge in [0.05, 0.1) is 30.0 Å². The molecule has 0 bridgehead atoms. The fourth-order valence-corrected chi connectivity index (χ4v) is 4.76. The summed E-state index contributed by atoms with van der Waals surface area (Å²) in [6.45, 7) is 4.45. The van der Waals surface area contributed by atoms with Crippen LogP contribution in [0.25, 0.3) is 0 Å². The standard InChI is InChI=1S/C25H32F3N3O5S/c1-16-12-31(17(2)15-32)24(33)21-11-20(29-37(4,34)35)9-10-22(21)36-23(16)14-30(3)13-18-5-7-19(8-6-18)25(26,27)28/h5-11,16-17,23,29,32H,12-15H2,1-4H3/t16-,17-,23-/m1/s1. The lowest BCUT2D eigenvalue weighted by Crippen LogP contribution is -2.49. The van der Waals surface area contributed by atoms with Gasteiger partial charge in [0, 0.05) is 31.2 Å². The van der Waals surface area contributed by atoms with Crippen LogP contribution >= 0.6 is 0 Å². The Kier molecular flexibility index (Phi) is 8.76. The van der Waals surface area contributed by atoms with Crippen molar-refractivity contribution in [3.8, 4) is 5.75 Å². The van der Waals surface area contributed by atoms with Crippen LogP contribution in [0.4, 0.5) is 18.9 Å². The van der Waals surface area contributed by atoms with E-state index in [0.717, 1.165) is 18.4 Å². The number of ether oxygens (including phenoxy) is 1. The van der Waals surface area contributed by atoms with Crippen LogP contribution in [0.2, 0.25) is 0 Å². The molecule has 0 aromatic heterocycles. The zero-order valence-electron chi connectivity index (χ0n) is 21.1. The highest BCUT2D eigenvalue weighted by molar-refractivity contribution is 7.92. The van der Waals surface area contributed by atoms with Gasteiger partial charge in [-0.3, -0.25) is 14.4 Å². The average Bonchev–Trinajstić information content (AvgIpc) is 2.80. The highest BCUT2D eigenvalue weighted by atomic mass is 32.2. The molecule has 2 aromatic carbocycles. The molecule has 1 aliphatic heterocycles. The number of amides is 1. The molecule has 0 saturated heterocycles. The molecule has 0 aliphatic carbocycles. The average molecular weight is 544 g/mol. The number of benzene rings is 2. The Bertz CT molecular complexity index is 1210. The quantitative estimate of drug-likeness (QED) is 0.530. The zero-order valence-corrected chi connectivity index (χ0v) is 21.9. The summed E-state index contributed by atoms with van der Waals surface area (Å²) in [7, 11) is -1.75. The number of nitrogens with one attached hydrogen (secondary N) is 1. The van der Waals surface area contributed by atoms with Gasteiger partial charge in [-0.1, -0.05) is 19.1 Å². The summed E-state index contributed by atoms with van der Waals surface area (Å²) in [6, 6.07) is 8.94. The number of nitrogens with zero attached hydrogens (tertiary/aromatic N) is 2. The van der Waals surface area contributed by atoms with E-state index in [9.17, 15) is 31.5 Å². The van der Waals surface area contributed by atoms with Gasteiger partial charge in [0.25, 0.3) is 5.91 Å². The number of rotatable bonds is 8. The topological polar surface area (TPSA) is 99.2 Å². The van der Waals surface area contributed by atoms with Crippen LogP contribution in [0.15, 0.2) is 42.5 Å². The van der Waals surface area contributed by atoms with Crippen molar-refractivity contribution in [1.29, 1.82) is 0 Å². The van der Waals surface area contributed by atoms with E-state index >= 15 is 0 Å². The number of carbonyl (C=O) groups is 1. The van der Waals surface area contributed by atoms with Crippen molar-refractivity contribution in [2.24, 2.45) is 5.92 Å². The molecule has 2 aromatic rings. The maximum absolute atomic E-state index is 13.4. The molecule has 3 atom stereocenters. The first-order valence-electron chi connectivity index (χ1n) is 11.7. The molecule has 0 unspecified atom stereocenters. The number of likely N-dealkylation sites (N-methyl/N-ethyl adjacent to an activating group) is 1. The van der Waals surface area contributed by atoms with Gasteiger partial charge in [0.15, 0.2) is 0 Å². The number of alkyl halides is 3. The van der Waals surface area contributed by atoms with Crippen LogP contribution < -0.4 is 9.46 Å². The van der Waals surface area contributed by atoms with Gasteiger partial charge in [-0.2, -0.15) is 13.2 Å². The van der Waals surface area contributed by atoms with E-state index in [1.54, 1.807) is 11.8 Å². The lowest BCUT2D eigenvalue weighted by atomic mass is 9.99. The maximum Gasteiger partial charge on any atom is 0.416 e. The molecule has 1 heterocycles. The largest absolute Gasteiger partial charge is 0.488 e. The second-order valence-corrected chi connectivity index (χ2v) is 11.3. The van der Waals surface area contributed by atoms with Crippen LogP contribution in [-0.4, -0.2) is 74.4 Å². The summed E-state index contributed by atoms with van der Waals surface area (Å²) in [5.41, 5.74) is 0.368. The Balaban J connectivity index is 1.86. The number of aliphatic hydroxyl groups excluding tert-OH is 1. The fourth-order valence-electron chi connectivity index (χ4n) is 4.20. The van der Waals surface area contributed by atoms with E-state index in [-0.39, 0.29) is 36.1 Å². The zero-order chi connectivity index (χ0) is 27.5. The first kappa shape index (κ1) is 28.7. The molecule has 0 fully saturated rings. The summed E-state index contributed by atoms with van der Waals surface area (Å²) < 4.78 is 70.6. The monoisotopic (exact) mass is 543 g/mol. The molecule has 0 spiro atoms. The molecule has 3 rings (SSSR count). The van der Waals surface area contributed by atoms with Crippen molar-refractivity contribution < 1.29 is 36.2 Å². The number of hydrogen-bond donors (Lipinski definition) is 2. The summed E-state index contributed by atoms with van der Waals surface area (Å²) in [5, 5.41) is 9.76. The Morgan fingerprint density at radius 3 is 2.43 bits per heavy atom. The molecular formula is C25H32F3N3O5S. The van der Waals surface area contributed by atoms with Crippen LogP contribution in [0.3, 0.4) is 0 Å². The van der Waals surface area contributed by atoms with Crippen LogP contribution in [-0.2, 0) is 22.7 Å². The Hall–Kier alpha value is -2.83. The normalized spacial score (nSPS) is 19.6. The number of aliphatic hydroxyl groups is 1. The summed E-state index contributed by atoms with van der Waals surface area (Å²) in [5.74, 6) is -0.272. The molecule has 12 heteroatoms. The third kappa shape index (κ3) is 7.59. The van der Waals surface area contributed by atoms with Gasteiger partial charge >= 0.3 is 6.18 Å². The van der Waals surface area contributed by atoms with E-state index in [1.165, 1.54) is 30.3 Å². The Morgan fingerprint density at radius 2 is 1.86 bits per heavy atom. The predicted octanol–water partition coefficient (Wildman–Crippen LogP) is 3.43. The van der Waals surface area contributed by atoms with Gasteiger partial charge < -0.3 is 14.7 Å². The third-order valence-corrected chi connectivity index (χ3v) is 6.80. The second kappa shape index (κ2) is 11.3. The number of fused-ring (bicyclic) bond motifs is 1. The number of sulfonamides is 1. The number of hydrogen-bond acceptors (Lipinski definition) is 6. The van der Waals surface area contributed by atoms with Gasteiger partial charge in [-0.15, -0.1) is 0 Å². The highest BCUT2D eigenvalue weighted by Crippen LogP contribution is 2.32. The highest BCUT2D eigenvalue weighted by Gasteiger charge is 2.34. The molecule has 1 aliphatic rings. The SMILES string of the molecule is C[C@@H]1CN([C@H](C)CO)C(=O)c2cc(NS(C)(=O)=O)ccc2O[C@@H]1CN(C)Cc1ccc(C(F)(F)F)cc1. The maximum atomic E-state index is 13.4. The van der Waals surface area contributed by atoms with Crippen molar-refractivity contribution in [1.82, 2.24) is 9.80 Å². The smallest absolute Gasteiger partial charge is 0.416 e. The van der Waals surface area contributed by atoms with Crippen molar-refractivity contribution >= 4 is 21.6 Å². The van der Waals surface area contributed by atoms with E-state index in [0.29, 0.717) is 18.7 Å². The molecule has 2 N–H and O–H groups in total. The summed E-state index contributed by atoms with van der Waals surface area (Å²) in [6.07, 6.45) is -3.80. The molecular weight excluding hydrogens is 511 g/mol. The second-order valence-electron chi connectivity index (χ2n) is 9.60. The minimum Gasteiger partial charge on any atom is -0.488 e. The van der Waals surface area contributed by atoms with E-state index in [1.807, 2.05) is 18.9 Å².